The Morgan fingerprint density at radius 1 is 1.08 bits per heavy atom. The molecule has 0 unspecified atom stereocenters. The summed E-state index contributed by atoms with van der Waals surface area (Å²) < 4.78 is 1.30. The number of rotatable bonds is 0. The van der Waals surface area contributed by atoms with Crippen LogP contribution >= 0.6 is 15.9 Å². The Morgan fingerprint density at radius 3 is 2.31 bits per heavy atom. The molecule has 0 heterocycles. The molecule has 0 saturated heterocycles. The molecule has 1 aromatic carbocycles. The van der Waals surface area contributed by atoms with Gasteiger partial charge in [0.1, 0.15) is 0 Å². The van der Waals surface area contributed by atoms with Gasteiger partial charge < -0.3 is 0 Å². The number of fused-ring (bicyclic) bond motifs is 1. The van der Waals surface area contributed by atoms with E-state index in [0.29, 0.717) is 0 Å². The molecule has 0 aliphatic heterocycles. The molecule has 0 amide bonds. The number of aryl methyl sites for hydroxylation is 1. The lowest BCUT2D eigenvalue weighted by molar-refractivity contribution is 0.908. The third-order valence-corrected chi connectivity index (χ3v) is 3.20. The molecule has 1 heteroatoms. The zero-order chi connectivity index (χ0) is 9.84. The fraction of sp³-hybridized carbons (Fsp3) is 0.500. The molecule has 0 aromatic heterocycles. The molecular weight excluding hydrogens is 224 g/mol. The minimum absolute atomic E-state index is 1.26. The summed E-state index contributed by atoms with van der Waals surface area (Å²) in [6.07, 6.45) is 3.87. The first kappa shape index (κ1) is 10.8. The highest BCUT2D eigenvalue weighted by Crippen LogP contribution is 2.31. The van der Waals surface area contributed by atoms with Crippen molar-refractivity contribution in [1.82, 2.24) is 0 Å². The van der Waals surface area contributed by atoms with E-state index in [2.05, 4.69) is 35.0 Å². The van der Waals surface area contributed by atoms with Gasteiger partial charge >= 0.3 is 0 Å². The van der Waals surface area contributed by atoms with Gasteiger partial charge in [0.2, 0.25) is 0 Å². The van der Waals surface area contributed by atoms with Crippen LogP contribution in [-0.4, -0.2) is 0 Å². The van der Waals surface area contributed by atoms with Crippen molar-refractivity contribution < 1.29 is 0 Å². The van der Waals surface area contributed by atoms with Crippen LogP contribution in [0, 0.1) is 6.92 Å². The highest BCUT2D eigenvalue weighted by atomic mass is 79.9. The van der Waals surface area contributed by atoms with Crippen molar-refractivity contribution in [3.63, 3.8) is 0 Å². The first-order valence-corrected chi connectivity index (χ1v) is 5.85. The van der Waals surface area contributed by atoms with Gasteiger partial charge in [-0.3, -0.25) is 0 Å². The largest absolute Gasteiger partial charge is 0.0683 e. The average molecular weight is 241 g/mol. The molecule has 1 aliphatic rings. The highest BCUT2D eigenvalue weighted by molar-refractivity contribution is 9.10. The Labute approximate surface area is 89.5 Å². The second kappa shape index (κ2) is 4.80. The zero-order valence-electron chi connectivity index (χ0n) is 8.65. The van der Waals surface area contributed by atoms with Crippen LogP contribution in [0.5, 0.6) is 0 Å². The minimum atomic E-state index is 1.26. The van der Waals surface area contributed by atoms with Gasteiger partial charge in [-0.2, -0.15) is 0 Å². The molecule has 72 valence electrons. The standard InChI is InChI=1S/C10H11Br.C2H6/c1-7-5-6-10(11)9-4-2-3-8(7)9;1-2/h5-6H,2-4H2,1H3;1-2H3. The van der Waals surface area contributed by atoms with Gasteiger partial charge in [0.25, 0.3) is 0 Å². The van der Waals surface area contributed by atoms with Crippen molar-refractivity contribution in [3.8, 4) is 0 Å². The van der Waals surface area contributed by atoms with Crippen molar-refractivity contribution >= 4 is 15.9 Å². The van der Waals surface area contributed by atoms with Crippen LogP contribution in [0.3, 0.4) is 0 Å². The van der Waals surface area contributed by atoms with Crippen molar-refractivity contribution in [2.24, 2.45) is 0 Å². The second-order valence-corrected chi connectivity index (χ2v) is 4.03. The summed E-state index contributed by atoms with van der Waals surface area (Å²) in [5, 5.41) is 0. The fourth-order valence-electron chi connectivity index (χ4n) is 1.84. The van der Waals surface area contributed by atoms with Crippen LogP contribution in [0.25, 0.3) is 0 Å². The van der Waals surface area contributed by atoms with Gasteiger partial charge in [0, 0.05) is 4.47 Å². The third-order valence-electron chi connectivity index (χ3n) is 2.46. The maximum atomic E-state index is 3.58. The lowest BCUT2D eigenvalue weighted by Gasteiger charge is -2.04. The Balaban J connectivity index is 0.000000396. The van der Waals surface area contributed by atoms with Crippen LogP contribution in [0.2, 0.25) is 0 Å². The summed E-state index contributed by atoms with van der Waals surface area (Å²) in [7, 11) is 0. The Morgan fingerprint density at radius 2 is 1.69 bits per heavy atom. The molecule has 0 saturated carbocycles. The van der Waals surface area contributed by atoms with E-state index in [9.17, 15) is 0 Å². The summed E-state index contributed by atoms with van der Waals surface area (Å²) in [6.45, 7) is 6.20. The van der Waals surface area contributed by atoms with Crippen molar-refractivity contribution in [2.75, 3.05) is 0 Å². The van der Waals surface area contributed by atoms with E-state index in [1.54, 1.807) is 11.1 Å². The molecule has 0 fully saturated rings. The normalized spacial score (nSPS) is 13.2. The second-order valence-electron chi connectivity index (χ2n) is 3.17. The highest BCUT2D eigenvalue weighted by Gasteiger charge is 2.14. The van der Waals surface area contributed by atoms with Gasteiger partial charge in [-0.25, -0.2) is 0 Å². The predicted molar refractivity (Wildman–Crippen MR) is 62.3 cm³/mol. The van der Waals surface area contributed by atoms with Crippen LogP contribution in [-0.2, 0) is 12.8 Å². The Hall–Kier alpha value is -0.300. The van der Waals surface area contributed by atoms with Crippen molar-refractivity contribution in [3.05, 3.63) is 33.3 Å². The summed E-state index contributed by atoms with van der Waals surface area (Å²) in [5.41, 5.74) is 4.59. The van der Waals surface area contributed by atoms with E-state index >= 15 is 0 Å². The van der Waals surface area contributed by atoms with E-state index in [-0.39, 0.29) is 0 Å². The molecular formula is C12H17Br. The molecule has 1 aliphatic carbocycles. The van der Waals surface area contributed by atoms with Gasteiger partial charge in [-0.05, 0) is 48.9 Å². The number of hydrogen-bond donors (Lipinski definition) is 0. The quantitative estimate of drug-likeness (QED) is 0.636. The summed E-state index contributed by atoms with van der Waals surface area (Å²) in [4.78, 5) is 0. The first-order valence-electron chi connectivity index (χ1n) is 5.06. The maximum absolute atomic E-state index is 3.58. The lowest BCUT2D eigenvalue weighted by atomic mass is 10.1. The molecule has 0 N–H and O–H groups in total. The van der Waals surface area contributed by atoms with Gasteiger partial charge in [0.05, 0.1) is 0 Å². The molecule has 0 radical (unpaired) electrons. The first-order chi connectivity index (χ1) is 6.29. The Kier molecular flexibility index (Phi) is 3.98. The molecule has 0 bridgehead atoms. The topological polar surface area (TPSA) is 0 Å². The summed E-state index contributed by atoms with van der Waals surface area (Å²) in [5.74, 6) is 0. The Bertz CT molecular complexity index is 260. The zero-order valence-corrected chi connectivity index (χ0v) is 10.2. The van der Waals surface area contributed by atoms with E-state index in [0.717, 1.165) is 0 Å². The number of halogens is 1. The van der Waals surface area contributed by atoms with Crippen molar-refractivity contribution in [2.45, 2.75) is 40.0 Å². The third kappa shape index (κ3) is 2.14. The van der Waals surface area contributed by atoms with Gasteiger partial charge in [-0.1, -0.05) is 35.8 Å². The maximum Gasteiger partial charge on any atom is 0.0210 e. The van der Waals surface area contributed by atoms with E-state index < -0.39 is 0 Å². The molecule has 0 atom stereocenters. The molecule has 1 aromatic rings. The minimum Gasteiger partial charge on any atom is -0.0683 e. The molecule has 2 rings (SSSR count). The monoisotopic (exact) mass is 240 g/mol. The lowest BCUT2D eigenvalue weighted by Crippen LogP contribution is -1.87. The van der Waals surface area contributed by atoms with Gasteiger partial charge in [-0.15, -0.1) is 0 Å². The fourth-order valence-corrected chi connectivity index (χ4v) is 2.41. The smallest absolute Gasteiger partial charge is 0.0210 e. The van der Waals surface area contributed by atoms with E-state index in [4.69, 9.17) is 0 Å². The summed E-state index contributed by atoms with van der Waals surface area (Å²) >= 11 is 3.58. The van der Waals surface area contributed by atoms with Crippen LogP contribution in [0.15, 0.2) is 16.6 Å². The van der Waals surface area contributed by atoms with Crippen LogP contribution in [0.1, 0.15) is 37.0 Å². The number of hydrogen-bond acceptors (Lipinski definition) is 0. The summed E-state index contributed by atoms with van der Waals surface area (Å²) in [6, 6.07) is 4.37. The van der Waals surface area contributed by atoms with Crippen molar-refractivity contribution in [1.29, 1.82) is 0 Å². The van der Waals surface area contributed by atoms with E-state index in [1.165, 1.54) is 29.3 Å². The average Bonchev–Trinajstić information content (AvgIpc) is 2.64. The molecule has 13 heavy (non-hydrogen) atoms. The SMILES string of the molecule is CC.Cc1ccc(Br)c2c1CCC2. The predicted octanol–water partition coefficient (Wildman–Crippen LogP) is 4.27. The molecule has 0 spiro atoms. The van der Waals surface area contributed by atoms with Crippen LogP contribution in [0.4, 0.5) is 0 Å². The van der Waals surface area contributed by atoms with Gasteiger partial charge in [0.15, 0.2) is 0 Å². The van der Waals surface area contributed by atoms with E-state index in [1.807, 2.05) is 13.8 Å². The molecule has 0 nitrogen and oxygen atoms in total. The van der Waals surface area contributed by atoms with Crippen LogP contribution < -0.4 is 0 Å². The number of benzene rings is 1.